The van der Waals surface area contributed by atoms with Crippen LogP contribution in [0.5, 0.6) is 0 Å². The molecule has 1 aromatic rings. The van der Waals surface area contributed by atoms with Gasteiger partial charge in [0.25, 0.3) is 0 Å². The summed E-state index contributed by atoms with van der Waals surface area (Å²) in [7, 11) is -2.89. The Bertz CT molecular complexity index is 367. The standard InChI is InChI=1S/C10H16O3S2/c1-2-15(12,13)8-4-5-9(11)10-6-3-7-14-10/h3,6-7,9,11H,2,4-5,8H2,1H3. The van der Waals surface area contributed by atoms with E-state index >= 15 is 0 Å². The fraction of sp³-hybridized carbons (Fsp3) is 0.600. The van der Waals surface area contributed by atoms with Crippen molar-refractivity contribution in [3.8, 4) is 0 Å². The van der Waals surface area contributed by atoms with Crippen LogP contribution in [-0.2, 0) is 9.84 Å². The van der Waals surface area contributed by atoms with Gasteiger partial charge in [0, 0.05) is 10.6 Å². The van der Waals surface area contributed by atoms with Gasteiger partial charge in [0.2, 0.25) is 0 Å². The maximum atomic E-state index is 11.2. The van der Waals surface area contributed by atoms with E-state index in [4.69, 9.17) is 0 Å². The molecule has 1 atom stereocenters. The third-order valence-corrected chi connectivity index (χ3v) is 5.01. The minimum atomic E-state index is -2.89. The molecule has 86 valence electrons. The first-order valence-corrected chi connectivity index (χ1v) is 7.67. The minimum absolute atomic E-state index is 0.173. The lowest BCUT2D eigenvalue weighted by Gasteiger charge is -2.07. The summed E-state index contributed by atoms with van der Waals surface area (Å²) < 4.78 is 22.4. The van der Waals surface area contributed by atoms with Gasteiger partial charge in [-0.2, -0.15) is 0 Å². The van der Waals surface area contributed by atoms with E-state index in [9.17, 15) is 13.5 Å². The largest absolute Gasteiger partial charge is 0.388 e. The Hall–Kier alpha value is -0.390. The molecule has 5 heteroatoms. The molecule has 0 saturated heterocycles. The maximum absolute atomic E-state index is 11.2. The van der Waals surface area contributed by atoms with Crippen LogP contribution >= 0.6 is 11.3 Å². The molecule has 1 N–H and O–H groups in total. The number of aliphatic hydroxyl groups excluding tert-OH is 1. The van der Waals surface area contributed by atoms with Crippen molar-refractivity contribution in [2.75, 3.05) is 11.5 Å². The van der Waals surface area contributed by atoms with Gasteiger partial charge < -0.3 is 5.11 Å². The van der Waals surface area contributed by atoms with Crippen molar-refractivity contribution >= 4 is 21.2 Å². The second-order valence-corrected chi connectivity index (χ2v) is 6.86. The topological polar surface area (TPSA) is 54.4 Å². The van der Waals surface area contributed by atoms with Crippen LogP contribution in [0.15, 0.2) is 17.5 Å². The molecule has 0 bridgehead atoms. The van der Waals surface area contributed by atoms with Crippen molar-refractivity contribution in [3.63, 3.8) is 0 Å². The van der Waals surface area contributed by atoms with Crippen molar-refractivity contribution in [3.05, 3.63) is 22.4 Å². The van der Waals surface area contributed by atoms with E-state index in [2.05, 4.69) is 0 Å². The second kappa shape index (κ2) is 5.63. The van der Waals surface area contributed by atoms with E-state index < -0.39 is 15.9 Å². The van der Waals surface area contributed by atoms with Crippen molar-refractivity contribution in [2.45, 2.75) is 25.9 Å². The normalized spacial score (nSPS) is 14.0. The number of hydrogen-bond acceptors (Lipinski definition) is 4. The van der Waals surface area contributed by atoms with Crippen LogP contribution in [0.25, 0.3) is 0 Å². The zero-order valence-corrected chi connectivity index (χ0v) is 10.4. The Balaban J connectivity index is 2.33. The second-order valence-electron chi connectivity index (χ2n) is 3.41. The van der Waals surface area contributed by atoms with E-state index in [-0.39, 0.29) is 11.5 Å². The quantitative estimate of drug-likeness (QED) is 0.837. The van der Waals surface area contributed by atoms with Gasteiger partial charge in [0.1, 0.15) is 9.84 Å². The highest BCUT2D eigenvalue weighted by molar-refractivity contribution is 7.91. The summed E-state index contributed by atoms with van der Waals surface area (Å²) in [4.78, 5) is 0.906. The molecule has 0 aliphatic rings. The predicted octanol–water partition coefficient (Wildman–Crippen LogP) is 2.00. The molecule has 0 saturated carbocycles. The van der Waals surface area contributed by atoms with Gasteiger partial charge in [-0.1, -0.05) is 13.0 Å². The molecule has 15 heavy (non-hydrogen) atoms. The SMILES string of the molecule is CCS(=O)(=O)CCCC(O)c1cccs1. The summed E-state index contributed by atoms with van der Waals surface area (Å²) in [6, 6.07) is 3.75. The summed E-state index contributed by atoms with van der Waals surface area (Å²) in [6.07, 6.45) is 0.520. The molecule has 0 aliphatic carbocycles. The van der Waals surface area contributed by atoms with Gasteiger partial charge in [-0.25, -0.2) is 8.42 Å². The van der Waals surface area contributed by atoms with Gasteiger partial charge in [0.05, 0.1) is 11.9 Å². The highest BCUT2D eigenvalue weighted by Crippen LogP contribution is 2.22. The Kier molecular flexibility index (Phi) is 4.76. The zero-order valence-electron chi connectivity index (χ0n) is 8.72. The van der Waals surface area contributed by atoms with Gasteiger partial charge in [-0.15, -0.1) is 11.3 Å². The first-order valence-electron chi connectivity index (χ1n) is 4.97. The Morgan fingerprint density at radius 2 is 2.27 bits per heavy atom. The van der Waals surface area contributed by atoms with Gasteiger partial charge in [0.15, 0.2) is 0 Å². The van der Waals surface area contributed by atoms with Crippen LogP contribution in [0.3, 0.4) is 0 Å². The molecule has 0 aliphatic heterocycles. The first kappa shape index (κ1) is 12.7. The predicted molar refractivity (Wildman–Crippen MR) is 62.8 cm³/mol. The number of hydrogen-bond donors (Lipinski definition) is 1. The third kappa shape index (κ3) is 4.32. The number of rotatable bonds is 6. The van der Waals surface area contributed by atoms with Gasteiger partial charge in [-0.3, -0.25) is 0 Å². The lowest BCUT2D eigenvalue weighted by atomic mass is 10.2. The lowest BCUT2D eigenvalue weighted by molar-refractivity contribution is 0.170. The molecule has 0 spiro atoms. The molecule has 1 heterocycles. The Morgan fingerprint density at radius 3 is 2.80 bits per heavy atom. The molecule has 1 rings (SSSR count). The average molecular weight is 248 g/mol. The minimum Gasteiger partial charge on any atom is -0.388 e. The molecular formula is C10H16O3S2. The molecule has 1 aromatic heterocycles. The van der Waals surface area contributed by atoms with Crippen LogP contribution in [0.4, 0.5) is 0 Å². The van der Waals surface area contributed by atoms with E-state index in [0.717, 1.165) is 4.88 Å². The molecule has 0 fully saturated rings. The summed E-state index contributed by atoms with van der Waals surface area (Å²) >= 11 is 1.50. The lowest BCUT2D eigenvalue weighted by Crippen LogP contribution is -2.09. The maximum Gasteiger partial charge on any atom is 0.150 e. The highest BCUT2D eigenvalue weighted by Gasteiger charge is 2.11. The molecule has 0 radical (unpaired) electrons. The number of sulfone groups is 1. The molecule has 1 unspecified atom stereocenters. The first-order chi connectivity index (χ1) is 7.05. The summed E-state index contributed by atoms with van der Waals surface area (Å²) in [5, 5.41) is 11.6. The van der Waals surface area contributed by atoms with Gasteiger partial charge >= 0.3 is 0 Å². The molecule has 3 nitrogen and oxygen atoms in total. The Labute approximate surface area is 94.7 Å². The zero-order chi connectivity index (χ0) is 11.3. The van der Waals surface area contributed by atoms with Crippen LogP contribution in [0, 0.1) is 0 Å². The van der Waals surface area contributed by atoms with Gasteiger partial charge in [-0.05, 0) is 24.3 Å². The summed E-state index contributed by atoms with van der Waals surface area (Å²) in [6.45, 7) is 1.64. The molecule has 0 amide bonds. The van der Waals surface area contributed by atoms with E-state index in [1.54, 1.807) is 6.92 Å². The van der Waals surface area contributed by atoms with Crippen LogP contribution in [0.1, 0.15) is 30.7 Å². The summed E-state index contributed by atoms with van der Waals surface area (Å²) in [5.41, 5.74) is 0. The smallest absolute Gasteiger partial charge is 0.150 e. The summed E-state index contributed by atoms with van der Waals surface area (Å²) in [5.74, 6) is 0.355. The van der Waals surface area contributed by atoms with Crippen LogP contribution in [-0.4, -0.2) is 25.0 Å². The van der Waals surface area contributed by atoms with Crippen molar-refractivity contribution in [1.29, 1.82) is 0 Å². The van der Waals surface area contributed by atoms with E-state index in [1.165, 1.54) is 11.3 Å². The van der Waals surface area contributed by atoms with Crippen molar-refractivity contribution < 1.29 is 13.5 Å². The average Bonchev–Trinajstić information content (AvgIpc) is 2.70. The van der Waals surface area contributed by atoms with Crippen LogP contribution < -0.4 is 0 Å². The van der Waals surface area contributed by atoms with E-state index in [1.807, 2.05) is 17.5 Å². The van der Waals surface area contributed by atoms with Crippen LogP contribution in [0.2, 0.25) is 0 Å². The monoisotopic (exact) mass is 248 g/mol. The third-order valence-electron chi connectivity index (χ3n) is 2.24. The van der Waals surface area contributed by atoms with E-state index in [0.29, 0.717) is 12.8 Å². The fourth-order valence-corrected chi connectivity index (χ4v) is 2.91. The number of aliphatic hydroxyl groups is 1. The molecular weight excluding hydrogens is 232 g/mol. The Morgan fingerprint density at radius 1 is 1.53 bits per heavy atom. The molecule has 0 aromatic carbocycles. The fourth-order valence-electron chi connectivity index (χ4n) is 1.26. The van der Waals surface area contributed by atoms with Crippen molar-refractivity contribution in [1.82, 2.24) is 0 Å². The highest BCUT2D eigenvalue weighted by atomic mass is 32.2. The number of thiophene rings is 1. The van der Waals surface area contributed by atoms with Crippen molar-refractivity contribution in [2.24, 2.45) is 0 Å².